The molecule has 0 N–H and O–H groups in total. The van der Waals surface area contributed by atoms with Crippen molar-refractivity contribution in [1.82, 2.24) is 0 Å². The lowest BCUT2D eigenvalue weighted by Crippen LogP contribution is -2.29. The molecular weight excluding hydrogens is 500 g/mol. The summed E-state index contributed by atoms with van der Waals surface area (Å²) in [4.78, 5) is 64.6. The standard InChI is InChI=1S/C30H18N2O7/c1-38-22-11-13-24-26(15-22)30(37)32(28(24)35)19-5-9-21(10-6-19)39-20-7-3-18(4-8-20)31-27(34)23-12-2-17(16-33)14-25(23)29(31)36/h2-16H,1H3. The summed E-state index contributed by atoms with van der Waals surface area (Å²) in [6.45, 7) is 0. The predicted molar refractivity (Wildman–Crippen MR) is 140 cm³/mol. The fraction of sp³-hybridized carbons (Fsp3) is 0.0333. The molecule has 9 nitrogen and oxygen atoms in total. The van der Waals surface area contributed by atoms with Gasteiger partial charge in [-0.3, -0.25) is 24.0 Å². The van der Waals surface area contributed by atoms with Crippen LogP contribution >= 0.6 is 0 Å². The minimum atomic E-state index is -0.505. The van der Waals surface area contributed by atoms with Crippen molar-refractivity contribution in [2.75, 3.05) is 16.9 Å². The summed E-state index contributed by atoms with van der Waals surface area (Å²) >= 11 is 0. The fourth-order valence-corrected chi connectivity index (χ4v) is 4.61. The summed E-state index contributed by atoms with van der Waals surface area (Å²) in [5, 5.41) is 0. The third kappa shape index (κ3) is 3.84. The molecule has 2 aliphatic heterocycles. The first kappa shape index (κ1) is 23.8. The van der Waals surface area contributed by atoms with E-state index < -0.39 is 23.6 Å². The van der Waals surface area contributed by atoms with Crippen LogP contribution in [-0.2, 0) is 0 Å². The van der Waals surface area contributed by atoms with Crippen molar-refractivity contribution in [2.45, 2.75) is 0 Å². The van der Waals surface area contributed by atoms with E-state index in [0.29, 0.717) is 46.0 Å². The second kappa shape index (κ2) is 9.07. The number of amides is 4. The van der Waals surface area contributed by atoms with Gasteiger partial charge in [0.25, 0.3) is 23.6 Å². The highest BCUT2D eigenvalue weighted by Gasteiger charge is 2.38. The van der Waals surface area contributed by atoms with Crippen molar-refractivity contribution in [3.05, 3.63) is 113 Å². The second-order valence-electron chi connectivity index (χ2n) is 8.82. The Hall–Kier alpha value is -5.57. The molecule has 39 heavy (non-hydrogen) atoms. The van der Waals surface area contributed by atoms with Crippen molar-refractivity contribution in [3.63, 3.8) is 0 Å². The zero-order valence-electron chi connectivity index (χ0n) is 20.4. The van der Waals surface area contributed by atoms with Crippen molar-refractivity contribution in [1.29, 1.82) is 0 Å². The smallest absolute Gasteiger partial charge is 0.266 e. The molecule has 0 bridgehead atoms. The highest BCUT2D eigenvalue weighted by molar-refractivity contribution is 6.35. The molecule has 4 amide bonds. The van der Waals surface area contributed by atoms with Crippen LogP contribution in [0, 0.1) is 0 Å². The van der Waals surface area contributed by atoms with Crippen LogP contribution in [0.3, 0.4) is 0 Å². The van der Waals surface area contributed by atoms with Crippen LogP contribution in [0.1, 0.15) is 51.8 Å². The van der Waals surface area contributed by atoms with Gasteiger partial charge in [0.05, 0.1) is 40.7 Å². The third-order valence-electron chi connectivity index (χ3n) is 6.57. The molecule has 4 aromatic rings. The first-order valence-corrected chi connectivity index (χ1v) is 11.8. The lowest BCUT2D eigenvalue weighted by atomic mass is 10.1. The van der Waals surface area contributed by atoms with Gasteiger partial charge in [0.1, 0.15) is 23.5 Å². The van der Waals surface area contributed by atoms with E-state index in [-0.39, 0.29) is 16.7 Å². The number of hydrogen-bond donors (Lipinski definition) is 0. The summed E-state index contributed by atoms with van der Waals surface area (Å²) in [5.41, 5.74) is 2.08. The SMILES string of the molecule is COc1ccc2c(c1)C(=O)N(c1ccc(Oc3ccc(N4C(=O)c5ccc(C=O)cc5C4=O)cc3)cc1)C2=O. The lowest BCUT2D eigenvalue weighted by Gasteiger charge is -2.16. The van der Waals surface area contributed by atoms with E-state index in [9.17, 15) is 24.0 Å². The Kier molecular flexibility index (Phi) is 5.54. The first-order valence-electron chi connectivity index (χ1n) is 11.8. The Morgan fingerprint density at radius 3 is 1.46 bits per heavy atom. The summed E-state index contributed by atoms with van der Waals surface area (Å²) in [5.74, 6) is -0.448. The number of carbonyl (C=O) groups is 5. The lowest BCUT2D eigenvalue weighted by molar-refractivity contribution is 0.0910. The molecule has 0 aromatic heterocycles. The molecule has 2 aliphatic rings. The van der Waals surface area contributed by atoms with E-state index in [4.69, 9.17) is 9.47 Å². The maximum Gasteiger partial charge on any atom is 0.266 e. The number of carbonyl (C=O) groups excluding carboxylic acids is 5. The van der Waals surface area contributed by atoms with Crippen LogP contribution in [-0.4, -0.2) is 37.0 Å². The van der Waals surface area contributed by atoms with Crippen LogP contribution in [0.5, 0.6) is 17.2 Å². The minimum absolute atomic E-state index is 0.183. The van der Waals surface area contributed by atoms with E-state index in [1.165, 1.54) is 25.3 Å². The van der Waals surface area contributed by atoms with Crippen molar-refractivity contribution < 1.29 is 33.4 Å². The quantitative estimate of drug-likeness (QED) is 0.264. The van der Waals surface area contributed by atoms with Crippen LogP contribution < -0.4 is 19.3 Å². The summed E-state index contributed by atoms with van der Waals surface area (Å²) in [6.07, 6.45) is 0.622. The first-order chi connectivity index (χ1) is 18.9. The van der Waals surface area contributed by atoms with E-state index in [1.54, 1.807) is 66.7 Å². The maximum absolute atomic E-state index is 12.9. The zero-order chi connectivity index (χ0) is 27.3. The van der Waals surface area contributed by atoms with E-state index in [1.807, 2.05) is 0 Å². The Balaban J connectivity index is 1.17. The molecule has 0 unspecified atom stereocenters. The maximum atomic E-state index is 12.9. The van der Waals surface area contributed by atoms with Crippen molar-refractivity contribution >= 4 is 41.3 Å². The third-order valence-corrected chi connectivity index (χ3v) is 6.57. The van der Waals surface area contributed by atoms with Crippen LogP contribution in [0.4, 0.5) is 11.4 Å². The van der Waals surface area contributed by atoms with Crippen LogP contribution in [0.2, 0.25) is 0 Å². The highest BCUT2D eigenvalue weighted by Crippen LogP contribution is 2.34. The molecule has 0 radical (unpaired) electrons. The molecule has 190 valence electrons. The van der Waals surface area contributed by atoms with Gasteiger partial charge >= 0.3 is 0 Å². The number of imide groups is 2. The Morgan fingerprint density at radius 2 is 0.974 bits per heavy atom. The molecule has 4 aromatic carbocycles. The van der Waals surface area contributed by atoms with Gasteiger partial charge in [0, 0.05) is 5.56 Å². The van der Waals surface area contributed by atoms with E-state index in [0.717, 1.165) is 9.80 Å². The van der Waals surface area contributed by atoms with E-state index in [2.05, 4.69) is 0 Å². The van der Waals surface area contributed by atoms with Gasteiger partial charge in [-0.05, 0) is 78.9 Å². The number of methoxy groups -OCH3 is 1. The van der Waals surface area contributed by atoms with Gasteiger partial charge < -0.3 is 9.47 Å². The summed E-state index contributed by atoms with van der Waals surface area (Å²) in [7, 11) is 1.49. The molecule has 0 spiro atoms. The topological polar surface area (TPSA) is 110 Å². The van der Waals surface area contributed by atoms with Gasteiger partial charge in [0.15, 0.2) is 0 Å². The number of aldehydes is 1. The Bertz CT molecular complexity index is 1710. The molecule has 2 heterocycles. The average Bonchev–Trinajstić information content (AvgIpc) is 3.37. The summed E-state index contributed by atoms with van der Waals surface area (Å²) < 4.78 is 11.0. The van der Waals surface area contributed by atoms with Crippen molar-refractivity contribution in [3.8, 4) is 17.2 Å². The monoisotopic (exact) mass is 518 g/mol. The minimum Gasteiger partial charge on any atom is -0.497 e. The highest BCUT2D eigenvalue weighted by atomic mass is 16.5. The Morgan fingerprint density at radius 1 is 0.538 bits per heavy atom. The number of anilines is 2. The average molecular weight is 518 g/mol. The molecule has 0 saturated heterocycles. The molecule has 0 atom stereocenters. The van der Waals surface area contributed by atoms with Gasteiger partial charge in [-0.25, -0.2) is 9.80 Å². The summed E-state index contributed by atoms with van der Waals surface area (Å²) in [6, 6.07) is 22.0. The number of hydrogen-bond acceptors (Lipinski definition) is 7. The molecule has 0 fully saturated rings. The zero-order valence-corrected chi connectivity index (χ0v) is 20.4. The molecular formula is C30H18N2O7. The van der Waals surface area contributed by atoms with Gasteiger partial charge in [-0.15, -0.1) is 0 Å². The van der Waals surface area contributed by atoms with Crippen molar-refractivity contribution in [2.24, 2.45) is 0 Å². The van der Waals surface area contributed by atoms with Crippen LogP contribution in [0.15, 0.2) is 84.9 Å². The van der Waals surface area contributed by atoms with Gasteiger partial charge in [0.2, 0.25) is 0 Å². The predicted octanol–water partition coefficient (Wildman–Crippen LogP) is 4.90. The normalized spacial score (nSPS) is 14.0. The second-order valence-corrected chi connectivity index (χ2v) is 8.82. The number of benzene rings is 4. The Labute approximate surface area is 221 Å². The number of ether oxygens (including phenoxy) is 2. The molecule has 0 saturated carbocycles. The van der Waals surface area contributed by atoms with E-state index >= 15 is 0 Å². The fourth-order valence-electron chi connectivity index (χ4n) is 4.61. The molecule has 0 aliphatic carbocycles. The molecule has 6 rings (SSSR count). The van der Waals surface area contributed by atoms with Gasteiger partial charge in [-0.2, -0.15) is 0 Å². The van der Waals surface area contributed by atoms with Gasteiger partial charge in [-0.1, -0.05) is 6.07 Å². The number of fused-ring (bicyclic) bond motifs is 2. The number of nitrogens with zero attached hydrogens (tertiary/aromatic N) is 2. The largest absolute Gasteiger partial charge is 0.497 e. The number of rotatable bonds is 6. The molecule has 9 heteroatoms. The van der Waals surface area contributed by atoms with Crippen LogP contribution in [0.25, 0.3) is 0 Å².